The lowest BCUT2D eigenvalue weighted by Crippen LogP contribution is -2.44. The van der Waals surface area contributed by atoms with Gasteiger partial charge in [-0.05, 0) is 62.1 Å². The number of rotatable bonds is 10. The highest BCUT2D eigenvalue weighted by Gasteiger charge is 2.32. The molecule has 2 aromatic heterocycles. The number of nitrogens with one attached hydrogen (secondary N) is 1. The fourth-order valence-electron chi connectivity index (χ4n) is 4.63. The van der Waals surface area contributed by atoms with Crippen molar-refractivity contribution in [2.75, 3.05) is 25.1 Å². The van der Waals surface area contributed by atoms with Gasteiger partial charge >= 0.3 is 0 Å². The summed E-state index contributed by atoms with van der Waals surface area (Å²) in [5.41, 5.74) is 1.79. The molecule has 1 aliphatic rings. The molecule has 4 aromatic rings. The summed E-state index contributed by atoms with van der Waals surface area (Å²) in [6.07, 6.45) is 6.88. The van der Waals surface area contributed by atoms with Gasteiger partial charge in [0.1, 0.15) is 23.9 Å². The Kier molecular flexibility index (Phi) is 7.35. The van der Waals surface area contributed by atoms with E-state index < -0.39 is 0 Å². The minimum absolute atomic E-state index is 0.0660. The fourth-order valence-corrected chi connectivity index (χ4v) is 4.63. The van der Waals surface area contributed by atoms with Crippen LogP contribution in [0.15, 0.2) is 59.4 Å². The maximum Gasteiger partial charge on any atom is 0.242 e. The highest BCUT2D eigenvalue weighted by molar-refractivity contribution is 5.93. The second-order valence-corrected chi connectivity index (χ2v) is 8.91. The fraction of sp³-hybridized carbons (Fsp3) is 0.370. The van der Waals surface area contributed by atoms with Crippen LogP contribution in [0.4, 0.5) is 5.82 Å². The van der Waals surface area contributed by atoms with Gasteiger partial charge < -0.3 is 19.5 Å². The molecular weight excluding hydrogens is 456 g/mol. The molecule has 186 valence electrons. The van der Waals surface area contributed by atoms with Gasteiger partial charge in [0, 0.05) is 30.5 Å². The van der Waals surface area contributed by atoms with Gasteiger partial charge in [-0.1, -0.05) is 23.7 Å². The summed E-state index contributed by atoms with van der Waals surface area (Å²) in [7, 11) is 1.64. The highest BCUT2D eigenvalue weighted by atomic mass is 16.5. The SMILES string of the molecule is COc1ccc(-c2noc(CCCCCNC(=O)[C@H]3CCCN3c3ncnc4ccccc34)n2)cc1. The van der Waals surface area contributed by atoms with Crippen molar-refractivity contribution in [3.8, 4) is 17.1 Å². The van der Waals surface area contributed by atoms with Crippen LogP contribution in [0.5, 0.6) is 5.75 Å². The monoisotopic (exact) mass is 486 g/mol. The van der Waals surface area contributed by atoms with E-state index in [1.54, 1.807) is 13.4 Å². The van der Waals surface area contributed by atoms with Crippen LogP contribution in [0.3, 0.4) is 0 Å². The van der Waals surface area contributed by atoms with Crippen molar-refractivity contribution < 1.29 is 14.1 Å². The third-order valence-corrected chi connectivity index (χ3v) is 6.53. The largest absolute Gasteiger partial charge is 0.497 e. The van der Waals surface area contributed by atoms with E-state index in [1.165, 1.54) is 0 Å². The Hall–Kier alpha value is -4.01. The van der Waals surface area contributed by atoms with Gasteiger partial charge in [0.2, 0.25) is 17.6 Å². The Morgan fingerprint density at radius 3 is 2.83 bits per heavy atom. The van der Waals surface area contributed by atoms with E-state index in [-0.39, 0.29) is 11.9 Å². The van der Waals surface area contributed by atoms with Crippen LogP contribution in [-0.2, 0) is 11.2 Å². The lowest BCUT2D eigenvalue weighted by Gasteiger charge is -2.25. The van der Waals surface area contributed by atoms with Crippen LogP contribution in [-0.4, -0.2) is 52.3 Å². The Balaban J connectivity index is 1.06. The summed E-state index contributed by atoms with van der Waals surface area (Å²) in [6.45, 7) is 1.47. The number of benzene rings is 2. The zero-order chi connectivity index (χ0) is 24.7. The standard InChI is InChI=1S/C27H30N6O3/c1-35-20-14-12-19(13-15-20)25-31-24(36-32-25)11-3-2-6-16-28-27(34)23-10-7-17-33(23)26-21-8-4-5-9-22(21)29-18-30-26/h4-5,8-9,12-15,18,23H,2-3,6-7,10-11,16-17H2,1H3,(H,28,34)/t23-/m1/s1. The highest BCUT2D eigenvalue weighted by Crippen LogP contribution is 2.29. The second kappa shape index (κ2) is 11.2. The first-order valence-corrected chi connectivity index (χ1v) is 12.4. The Bertz CT molecular complexity index is 1300. The molecule has 0 spiro atoms. The van der Waals surface area contributed by atoms with Crippen LogP contribution in [0, 0.1) is 0 Å². The minimum Gasteiger partial charge on any atom is -0.497 e. The molecule has 1 fully saturated rings. The molecule has 9 heteroatoms. The molecule has 0 radical (unpaired) electrons. The van der Waals surface area contributed by atoms with E-state index in [1.807, 2.05) is 48.5 Å². The average Bonchev–Trinajstić information content (AvgIpc) is 3.60. The van der Waals surface area contributed by atoms with Crippen LogP contribution in [0.25, 0.3) is 22.3 Å². The Morgan fingerprint density at radius 1 is 1.11 bits per heavy atom. The molecule has 9 nitrogen and oxygen atoms in total. The van der Waals surface area contributed by atoms with Crippen molar-refractivity contribution in [3.05, 3.63) is 60.7 Å². The summed E-state index contributed by atoms with van der Waals surface area (Å²) in [5.74, 6) is 2.90. The van der Waals surface area contributed by atoms with Gasteiger partial charge in [0.25, 0.3) is 0 Å². The number of carbonyl (C=O) groups excluding carboxylic acids is 1. The van der Waals surface area contributed by atoms with Crippen LogP contribution < -0.4 is 15.0 Å². The van der Waals surface area contributed by atoms with E-state index in [2.05, 4.69) is 30.3 Å². The summed E-state index contributed by atoms with van der Waals surface area (Å²) < 4.78 is 10.6. The topological polar surface area (TPSA) is 106 Å². The molecule has 2 aromatic carbocycles. The number of carbonyl (C=O) groups is 1. The van der Waals surface area contributed by atoms with Gasteiger partial charge in [-0.25, -0.2) is 9.97 Å². The van der Waals surface area contributed by atoms with Crippen LogP contribution in [0.1, 0.15) is 38.0 Å². The number of hydrogen-bond acceptors (Lipinski definition) is 8. The van der Waals surface area contributed by atoms with Gasteiger partial charge in [-0.2, -0.15) is 4.98 Å². The van der Waals surface area contributed by atoms with E-state index >= 15 is 0 Å². The predicted molar refractivity (Wildman–Crippen MR) is 137 cm³/mol. The molecule has 1 N–H and O–H groups in total. The number of nitrogens with zero attached hydrogens (tertiary/aromatic N) is 5. The average molecular weight is 487 g/mol. The number of aromatic nitrogens is 4. The molecule has 0 saturated carbocycles. The zero-order valence-electron chi connectivity index (χ0n) is 20.4. The van der Waals surface area contributed by atoms with Crippen molar-refractivity contribution in [1.82, 2.24) is 25.4 Å². The normalized spacial score (nSPS) is 15.4. The number of ether oxygens (including phenoxy) is 1. The van der Waals surface area contributed by atoms with Crippen molar-refractivity contribution in [3.63, 3.8) is 0 Å². The lowest BCUT2D eigenvalue weighted by molar-refractivity contribution is -0.122. The number of aryl methyl sites for hydroxylation is 1. The molecule has 1 amide bonds. The smallest absolute Gasteiger partial charge is 0.242 e. The predicted octanol–water partition coefficient (Wildman–Crippen LogP) is 4.19. The van der Waals surface area contributed by atoms with Gasteiger partial charge in [-0.15, -0.1) is 0 Å². The van der Waals surface area contributed by atoms with E-state index in [0.29, 0.717) is 24.7 Å². The molecule has 1 atom stereocenters. The summed E-state index contributed by atoms with van der Waals surface area (Å²) in [5, 5.41) is 8.18. The second-order valence-electron chi connectivity index (χ2n) is 8.91. The number of unbranched alkanes of at least 4 members (excludes halogenated alkanes) is 2. The summed E-state index contributed by atoms with van der Waals surface area (Å²) >= 11 is 0. The maximum atomic E-state index is 13.0. The first-order valence-electron chi connectivity index (χ1n) is 12.4. The number of anilines is 1. The number of hydrogen-bond donors (Lipinski definition) is 1. The van der Waals surface area contributed by atoms with E-state index in [9.17, 15) is 4.79 Å². The van der Waals surface area contributed by atoms with Gasteiger partial charge in [0.05, 0.1) is 12.6 Å². The van der Waals surface area contributed by atoms with Crippen molar-refractivity contribution in [1.29, 1.82) is 0 Å². The molecule has 1 aliphatic heterocycles. The minimum atomic E-state index is -0.196. The van der Waals surface area contributed by atoms with Crippen LogP contribution >= 0.6 is 0 Å². The molecule has 5 rings (SSSR count). The number of fused-ring (bicyclic) bond motifs is 1. The van der Waals surface area contributed by atoms with Crippen molar-refractivity contribution >= 4 is 22.6 Å². The van der Waals surface area contributed by atoms with E-state index in [4.69, 9.17) is 9.26 Å². The zero-order valence-corrected chi connectivity index (χ0v) is 20.4. The molecule has 0 unspecified atom stereocenters. The molecule has 1 saturated heterocycles. The molecular formula is C27H30N6O3. The Morgan fingerprint density at radius 2 is 1.97 bits per heavy atom. The lowest BCUT2D eigenvalue weighted by atomic mass is 10.1. The number of methoxy groups -OCH3 is 1. The third kappa shape index (κ3) is 5.30. The molecule has 0 bridgehead atoms. The molecule has 0 aliphatic carbocycles. The van der Waals surface area contributed by atoms with Gasteiger partial charge in [0.15, 0.2) is 0 Å². The van der Waals surface area contributed by atoms with E-state index in [0.717, 1.165) is 66.7 Å². The molecule has 36 heavy (non-hydrogen) atoms. The maximum absolute atomic E-state index is 13.0. The first kappa shape index (κ1) is 23.7. The first-order chi connectivity index (χ1) is 17.7. The Labute approximate surface area is 209 Å². The third-order valence-electron chi connectivity index (χ3n) is 6.53. The summed E-state index contributed by atoms with van der Waals surface area (Å²) in [6, 6.07) is 15.3. The molecule has 3 heterocycles. The number of amides is 1. The van der Waals surface area contributed by atoms with Crippen LogP contribution in [0.2, 0.25) is 0 Å². The van der Waals surface area contributed by atoms with Crippen molar-refractivity contribution in [2.24, 2.45) is 0 Å². The van der Waals surface area contributed by atoms with Gasteiger partial charge in [-0.3, -0.25) is 4.79 Å². The summed E-state index contributed by atoms with van der Waals surface area (Å²) in [4.78, 5) is 28.4. The van der Waals surface area contributed by atoms with Crippen molar-refractivity contribution in [2.45, 2.75) is 44.6 Å². The quantitative estimate of drug-likeness (QED) is 0.333. The number of para-hydroxylation sites is 1.